The van der Waals surface area contributed by atoms with Gasteiger partial charge in [0.1, 0.15) is 10.7 Å². The summed E-state index contributed by atoms with van der Waals surface area (Å²) in [5.74, 6) is -0.930. The van der Waals surface area contributed by atoms with E-state index in [1.165, 1.54) is 13.2 Å². The molecular weight excluding hydrogens is 345 g/mol. The fourth-order valence-electron chi connectivity index (χ4n) is 2.36. The van der Waals surface area contributed by atoms with Crippen LogP contribution in [0.15, 0.2) is 18.2 Å². The molecule has 1 aromatic carbocycles. The van der Waals surface area contributed by atoms with Gasteiger partial charge in [0.25, 0.3) is 5.91 Å². The summed E-state index contributed by atoms with van der Waals surface area (Å²) in [6.07, 6.45) is 0.854. The van der Waals surface area contributed by atoms with Gasteiger partial charge in [-0.25, -0.2) is 9.18 Å². The lowest BCUT2D eigenvalue weighted by molar-refractivity contribution is -0.124. The number of hydrogen-bond acceptors (Lipinski definition) is 5. The first-order valence-electron chi connectivity index (χ1n) is 8.06. The molecular formula is C18H22FNO4S. The maximum atomic E-state index is 14.1. The molecule has 0 fully saturated rings. The molecule has 7 heteroatoms. The summed E-state index contributed by atoms with van der Waals surface area (Å²) in [7, 11) is 1.47. The summed E-state index contributed by atoms with van der Waals surface area (Å²) in [6.45, 7) is 4.39. The SMILES string of the molecule is COCc1c(C(=O)OCC(=O)NCCC(C)C)sc2cccc(F)c12. The Morgan fingerprint density at radius 1 is 1.32 bits per heavy atom. The molecule has 2 rings (SSSR count). The summed E-state index contributed by atoms with van der Waals surface area (Å²) in [5.41, 5.74) is 0.450. The summed E-state index contributed by atoms with van der Waals surface area (Å²) in [4.78, 5) is 24.3. The molecule has 5 nitrogen and oxygen atoms in total. The van der Waals surface area contributed by atoms with Crippen LogP contribution in [0.25, 0.3) is 10.1 Å². The molecule has 136 valence electrons. The molecule has 0 saturated carbocycles. The number of hydrogen-bond donors (Lipinski definition) is 1. The van der Waals surface area contributed by atoms with Gasteiger partial charge in [-0.05, 0) is 24.5 Å². The van der Waals surface area contributed by atoms with E-state index >= 15 is 0 Å². The van der Waals surface area contributed by atoms with E-state index in [9.17, 15) is 14.0 Å². The summed E-state index contributed by atoms with van der Waals surface area (Å²) >= 11 is 1.13. The zero-order valence-corrected chi connectivity index (χ0v) is 15.4. The molecule has 25 heavy (non-hydrogen) atoms. The Labute approximate surface area is 150 Å². The van der Waals surface area contributed by atoms with Crippen LogP contribution >= 0.6 is 11.3 Å². The van der Waals surface area contributed by atoms with Gasteiger partial charge in [-0.2, -0.15) is 0 Å². The minimum atomic E-state index is -0.647. The number of nitrogens with one attached hydrogen (secondary N) is 1. The average molecular weight is 367 g/mol. The Bertz CT molecular complexity index is 757. The van der Waals surface area contributed by atoms with Crippen LogP contribution in [0.3, 0.4) is 0 Å². The minimum absolute atomic E-state index is 0.0892. The van der Waals surface area contributed by atoms with E-state index in [4.69, 9.17) is 9.47 Å². The molecule has 0 aliphatic rings. The highest BCUT2D eigenvalue weighted by Gasteiger charge is 2.22. The van der Waals surface area contributed by atoms with Crippen molar-refractivity contribution < 1.29 is 23.5 Å². The van der Waals surface area contributed by atoms with Crippen LogP contribution in [0.1, 0.15) is 35.5 Å². The van der Waals surface area contributed by atoms with Crippen LogP contribution in [-0.4, -0.2) is 32.1 Å². The van der Waals surface area contributed by atoms with E-state index in [1.54, 1.807) is 12.1 Å². The second kappa shape index (κ2) is 8.92. The van der Waals surface area contributed by atoms with E-state index in [-0.39, 0.29) is 24.0 Å². The number of esters is 1. The minimum Gasteiger partial charge on any atom is -0.451 e. The lowest BCUT2D eigenvalue weighted by atomic mass is 10.1. The zero-order chi connectivity index (χ0) is 18.4. The highest BCUT2D eigenvalue weighted by molar-refractivity contribution is 7.21. The molecule has 0 spiro atoms. The second-order valence-corrected chi connectivity index (χ2v) is 7.12. The predicted molar refractivity (Wildman–Crippen MR) is 95.2 cm³/mol. The summed E-state index contributed by atoms with van der Waals surface area (Å²) < 4.78 is 24.9. The van der Waals surface area contributed by atoms with E-state index < -0.39 is 11.8 Å². The molecule has 1 N–H and O–H groups in total. The number of methoxy groups -OCH3 is 1. The van der Waals surface area contributed by atoms with E-state index in [0.29, 0.717) is 28.1 Å². The predicted octanol–water partition coefficient (Wildman–Crippen LogP) is 3.51. The van der Waals surface area contributed by atoms with Crippen molar-refractivity contribution in [3.05, 3.63) is 34.5 Å². The summed E-state index contributed by atoms with van der Waals surface area (Å²) in [6, 6.07) is 4.66. The number of carbonyl (C=O) groups is 2. The second-order valence-electron chi connectivity index (χ2n) is 6.06. The fraction of sp³-hybridized carbons (Fsp3) is 0.444. The summed E-state index contributed by atoms with van der Waals surface area (Å²) in [5, 5.41) is 3.06. The molecule has 0 aliphatic carbocycles. The number of thiophene rings is 1. The smallest absolute Gasteiger partial charge is 0.349 e. The standard InChI is InChI=1S/C18H22FNO4S/c1-11(2)7-8-20-15(21)10-24-18(22)17-12(9-23-3)16-13(19)5-4-6-14(16)25-17/h4-6,11H,7-10H2,1-3H3,(H,20,21). The monoisotopic (exact) mass is 367 g/mol. The Morgan fingerprint density at radius 3 is 2.76 bits per heavy atom. The van der Waals surface area contributed by atoms with Crippen LogP contribution < -0.4 is 5.32 Å². The van der Waals surface area contributed by atoms with Gasteiger partial charge in [-0.15, -0.1) is 11.3 Å². The molecule has 1 amide bonds. The van der Waals surface area contributed by atoms with Crippen molar-refractivity contribution in [2.75, 3.05) is 20.3 Å². The van der Waals surface area contributed by atoms with E-state index in [0.717, 1.165) is 17.8 Å². The number of rotatable bonds is 8. The van der Waals surface area contributed by atoms with E-state index in [2.05, 4.69) is 19.2 Å². The third kappa shape index (κ3) is 4.99. The van der Waals surface area contributed by atoms with Crippen molar-refractivity contribution in [3.63, 3.8) is 0 Å². The lowest BCUT2D eigenvalue weighted by Crippen LogP contribution is -2.30. The number of benzene rings is 1. The molecule has 0 bridgehead atoms. The maximum absolute atomic E-state index is 14.1. The van der Waals surface area contributed by atoms with Crippen molar-refractivity contribution in [2.45, 2.75) is 26.9 Å². The lowest BCUT2D eigenvalue weighted by Gasteiger charge is -2.08. The van der Waals surface area contributed by atoms with E-state index in [1.807, 2.05) is 0 Å². The first-order valence-corrected chi connectivity index (χ1v) is 8.88. The van der Waals surface area contributed by atoms with Crippen molar-refractivity contribution in [2.24, 2.45) is 5.92 Å². The third-order valence-corrected chi connectivity index (χ3v) is 4.79. The van der Waals surface area contributed by atoms with Gasteiger partial charge in [-0.3, -0.25) is 4.79 Å². The van der Waals surface area contributed by atoms with Crippen LogP contribution in [0.5, 0.6) is 0 Å². The van der Waals surface area contributed by atoms with Crippen LogP contribution in [-0.2, 0) is 20.9 Å². The average Bonchev–Trinajstić information content (AvgIpc) is 2.93. The van der Waals surface area contributed by atoms with Gasteiger partial charge in [-0.1, -0.05) is 19.9 Å². The highest BCUT2D eigenvalue weighted by Crippen LogP contribution is 2.34. The molecule has 1 heterocycles. The van der Waals surface area contributed by atoms with Gasteiger partial charge >= 0.3 is 5.97 Å². The first-order chi connectivity index (χ1) is 11.9. The molecule has 0 radical (unpaired) electrons. The quantitative estimate of drug-likeness (QED) is 0.725. The maximum Gasteiger partial charge on any atom is 0.349 e. The van der Waals surface area contributed by atoms with Gasteiger partial charge in [0.2, 0.25) is 0 Å². The van der Waals surface area contributed by atoms with Crippen LogP contribution in [0, 0.1) is 11.7 Å². The number of fused-ring (bicyclic) bond motifs is 1. The fourth-order valence-corrected chi connectivity index (χ4v) is 3.48. The molecule has 0 atom stereocenters. The van der Waals surface area contributed by atoms with Crippen LogP contribution in [0.4, 0.5) is 4.39 Å². The Kier molecular flexibility index (Phi) is 6.90. The van der Waals surface area contributed by atoms with Crippen molar-refractivity contribution in [1.82, 2.24) is 5.32 Å². The Morgan fingerprint density at radius 2 is 2.08 bits per heavy atom. The van der Waals surface area contributed by atoms with Crippen molar-refractivity contribution in [3.8, 4) is 0 Å². The Hall–Kier alpha value is -1.99. The zero-order valence-electron chi connectivity index (χ0n) is 14.6. The normalized spacial score (nSPS) is 11.1. The highest BCUT2D eigenvalue weighted by atomic mass is 32.1. The number of ether oxygens (including phenoxy) is 2. The Balaban J connectivity index is 2.07. The number of amides is 1. The van der Waals surface area contributed by atoms with Gasteiger partial charge in [0, 0.05) is 29.3 Å². The number of halogens is 1. The van der Waals surface area contributed by atoms with Crippen LogP contribution in [0.2, 0.25) is 0 Å². The third-order valence-electron chi connectivity index (χ3n) is 3.62. The molecule has 2 aromatic rings. The number of carbonyl (C=O) groups excluding carboxylic acids is 2. The van der Waals surface area contributed by atoms with Gasteiger partial charge in [0.05, 0.1) is 6.61 Å². The molecule has 0 aliphatic heterocycles. The molecule has 1 aromatic heterocycles. The van der Waals surface area contributed by atoms with Gasteiger partial charge in [0.15, 0.2) is 6.61 Å². The molecule has 0 unspecified atom stereocenters. The van der Waals surface area contributed by atoms with Crippen molar-refractivity contribution in [1.29, 1.82) is 0 Å². The largest absolute Gasteiger partial charge is 0.451 e. The topological polar surface area (TPSA) is 64.6 Å². The van der Waals surface area contributed by atoms with Gasteiger partial charge < -0.3 is 14.8 Å². The first kappa shape index (κ1) is 19.3. The molecule has 0 saturated heterocycles. The van der Waals surface area contributed by atoms with Crippen molar-refractivity contribution >= 4 is 33.3 Å².